The molecule has 4 atom stereocenters. The molecule has 0 saturated carbocycles. The number of nitrogens with zero attached hydrogens (tertiary/aromatic N) is 2. The molecule has 2 aliphatic rings. The van der Waals surface area contributed by atoms with Gasteiger partial charge in [0.1, 0.15) is 5.75 Å². The molecule has 2 aliphatic heterocycles. The molecule has 0 aliphatic carbocycles. The number of amides is 2. The maximum Gasteiger partial charge on any atom is 0.264 e. The van der Waals surface area contributed by atoms with E-state index in [-0.39, 0.29) is 24.3 Å². The smallest absolute Gasteiger partial charge is 0.264 e. The van der Waals surface area contributed by atoms with Crippen LogP contribution in [0.15, 0.2) is 103 Å². The minimum absolute atomic E-state index is 0.0651. The molecule has 7 heteroatoms. The van der Waals surface area contributed by atoms with E-state index in [0.29, 0.717) is 18.7 Å². The average molecular weight is 605 g/mol. The van der Waals surface area contributed by atoms with E-state index in [4.69, 9.17) is 9.47 Å². The molecule has 0 aromatic heterocycles. The van der Waals surface area contributed by atoms with Gasteiger partial charge in [-0.25, -0.2) is 0 Å². The number of carbonyl (C=O) groups excluding carboxylic acids is 2. The Morgan fingerprint density at radius 1 is 0.956 bits per heavy atom. The normalized spacial score (nSPS) is 22.5. The third kappa shape index (κ3) is 5.10. The van der Waals surface area contributed by atoms with E-state index >= 15 is 0 Å². The Hall–Kier alpha value is -4.46. The monoisotopic (exact) mass is 604 g/mol. The van der Waals surface area contributed by atoms with Crippen molar-refractivity contribution >= 4 is 29.4 Å². The molecule has 1 saturated heterocycles. The Balaban J connectivity index is 1.50. The van der Waals surface area contributed by atoms with Gasteiger partial charge in [-0.1, -0.05) is 81.4 Å². The van der Waals surface area contributed by atoms with Gasteiger partial charge in [0.2, 0.25) is 6.41 Å². The van der Waals surface area contributed by atoms with Crippen molar-refractivity contribution in [2.75, 3.05) is 23.5 Å². The SMILES string of the molecule is COc1ccc(C(C)(C)[C@H]2[C@H](CCO)O[C@@]3(C(=O)N(Cc4ccccc4)c4ccc(N(C=O)c5ccccc5)cc43)[C@@H]2C)cc1. The second-order valence-electron chi connectivity index (χ2n) is 12.6. The van der Waals surface area contributed by atoms with Crippen LogP contribution in [0.4, 0.5) is 17.1 Å². The summed E-state index contributed by atoms with van der Waals surface area (Å²) in [6.45, 7) is 6.79. The number of anilines is 3. The van der Waals surface area contributed by atoms with Crippen LogP contribution in [-0.2, 0) is 31.9 Å². The summed E-state index contributed by atoms with van der Waals surface area (Å²) in [4.78, 5) is 30.8. The van der Waals surface area contributed by atoms with Crippen LogP contribution >= 0.6 is 0 Å². The number of aliphatic hydroxyl groups is 1. The van der Waals surface area contributed by atoms with Gasteiger partial charge in [-0.2, -0.15) is 0 Å². The van der Waals surface area contributed by atoms with E-state index < -0.39 is 17.1 Å². The molecule has 0 bridgehead atoms. The summed E-state index contributed by atoms with van der Waals surface area (Å²) in [5.74, 6) is 0.261. The fraction of sp³-hybridized carbons (Fsp3) is 0.316. The molecule has 2 amide bonds. The standard InChI is InChI=1S/C38H40N2O5/c1-26-35(37(2,3)28-15-18-31(44-4)19-16-28)34(21-22-41)45-38(26)32-23-30(40(25-42)29-13-9-6-10-14-29)17-20-33(32)39(36(38)43)24-27-11-7-5-8-12-27/h5-20,23,25-26,34-35,41H,21-22,24H2,1-4H3/t26-,34+,35-,38+/m1/s1. The number of para-hydroxylation sites is 1. The lowest BCUT2D eigenvalue weighted by Crippen LogP contribution is -2.45. The minimum Gasteiger partial charge on any atom is -0.497 e. The summed E-state index contributed by atoms with van der Waals surface area (Å²) in [6.07, 6.45) is 0.795. The van der Waals surface area contributed by atoms with Crippen LogP contribution in [0.2, 0.25) is 0 Å². The molecule has 232 valence electrons. The Kier molecular flexibility index (Phi) is 8.25. The van der Waals surface area contributed by atoms with Crippen LogP contribution in [0, 0.1) is 11.8 Å². The Labute approximate surface area is 265 Å². The van der Waals surface area contributed by atoms with Gasteiger partial charge in [0.25, 0.3) is 5.91 Å². The highest BCUT2D eigenvalue weighted by molar-refractivity contribution is 6.08. The maximum absolute atomic E-state index is 14.9. The number of ether oxygens (including phenoxy) is 2. The van der Waals surface area contributed by atoms with Gasteiger partial charge in [0.15, 0.2) is 5.60 Å². The fourth-order valence-corrected chi connectivity index (χ4v) is 7.63. The summed E-state index contributed by atoms with van der Waals surface area (Å²) in [6, 6.07) is 33.2. The van der Waals surface area contributed by atoms with Crippen LogP contribution in [0.5, 0.6) is 5.75 Å². The molecular weight excluding hydrogens is 564 g/mol. The molecule has 4 aromatic rings. The van der Waals surface area contributed by atoms with Crippen LogP contribution in [-0.4, -0.2) is 37.2 Å². The number of fused-ring (bicyclic) bond motifs is 2. The minimum atomic E-state index is -1.31. The van der Waals surface area contributed by atoms with Crippen LogP contribution < -0.4 is 14.5 Å². The Bertz CT molecular complexity index is 1660. The summed E-state index contributed by atoms with van der Waals surface area (Å²) < 4.78 is 12.4. The largest absolute Gasteiger partial charge is 0.497 e. The zero-order chi connectivity index (χ0) is 31.8. The molecule has 0 radical (unpaired) electrons. The first-order valence-electron chi connectivity index (χ1n) is 15.5. The summed E-state index contributed by atoms with van der Waals surface area (Å²) in [5, 5.41) is 10.2. The van der Waals surface area contributed by atoms with Crippen molar-refractivity contribution in [3.05, 3.63) is 120 Å². The molecule has 1 spiro atoms. The average Bonchev–Trinajstić information content (AvgIpc) is 3.49. The highest BCUT2D eigenvalue weighted by atomic mass is 16.5. The van der Waals surface area contributed by atoms with Crippen LogP contribution in [0.3, 0.4) is 0 Å². The van der Waals surface area contributed by atoms with Crippen LogP contribution in [0.1, 0.15) is 43.9 Å². The van der Waals surface area contributed by atoms with Crippen molar-refractivity contribution in [2.45, 2.75) is 50.9 Å². The molecule has 1 fully saturated rings. The van der Waals surface area contributed by atoms with Gasteiger partial charge < -0.3 is 19.5 Å². The second kappa shape index (κ2) is 12.1. The lowest BCUT2D eigenvalue weighted by atomic mass is 9.63. The summed E-state index contributed by atoms with van der Waals surface area (Å²) in [5.41, 5.74) is 3.26. The van der Waals surface area contributed by atoms with Gasteiger partial charge in [-0.15, -0.1) is 0 Å². The maximum atomic E-state index is 14.9. The van der Waals surface area contributed by atoms with E-state index in [1.165, 1.54) is 0 Å². The molecule has 4 aromatic carbocycles. The van der Waals surface area contributed by atoms with Crippen molar-refractivity contribution in [1.29, 1.82) is 0 Å². The third-order valence-corrected chi connectivity index (χ3v) is 9.83. The highest BCUT2D eigenvalue weighted by Gasteiger charge is 2.65. The first-order chi connectivity index (χ1) is 21.8. The number of hydrogen-bond donors (Lipinski definition) is 1. The lowest BCUT2D eigenvalue weighted by Gasteiger charge is -2.38. The van der Waals surface area contributed by atoms with Crippen molar-refractivity contribution in [3.8, 4) is 5.75 Å². The van der Waals surface area contributed by atoms with E-state index in [1.807, 2.05) is 95.9 Å². The zero-order valence-electron chi connectivity index (χ0n) is 26.2. The molecule has 0 unspecified atom stereocenters. The molecule has 7 nitrogen and oxygen atoms in total. The number of aliphatic hydroxyl groups excluding tert-OH is 1. The van der Waals surface area contributed by atoms with E-state index in [2.05, 4.69) is 32.9 Å². The summed E-state index contributed by atoms with van der Waals surface area (Å²) >= 11 is 0. The molecular formula is C38H40N2O5. The van der Waals surface area contributed by atoms with Gasteiger partial charge in [-0.3, -0.25) is 14.5 Å². The topological polar surface area (TPSA) is 79.3 Å². The predicted molar refractivity (Wildman–Crippen MR) is 176 cm³/mol. The molecule has 1 N–H and O–H groups in total. The van der Waals surface area contributed by atoms with Crippen LogP contribution in [0.25, 0.3) is 0 Å². The van der Waals surface area contributed by atoms with Crippen molar-refractivity contribution in [2.24, 2.45) is 11.8 Å². The molecule has 6 rings (SSSR count). The molecule has 45 heavy (non-hydrogen) atoms. The first-order valence-corrected chi connectivity index (χ1v) is 15.5. The van der Waals surface area contributed by atoms with Gasteiger partial charge in [-0.05, 0) is 65.4 Å². The van der Waals surface area contributed by atoms with E-state index in [1.54, 1.807) is 12.0 Å². The summed E-state index contributed by atoms with van der Waals surface area (Å²) in [7, 11) is 1.65. The van der Waals surface area contributed by atoms with Gasteiger partial charge in [0.05, 0.1) is 25.4 Å². The van der Waals surface area contributed by atoms with E-state index in [9.17, 15) is 14.7 Å². The van der Waals surface area contributed by atoms with Crippen molar-refractivity contribution < 1.29 is 24.2 Å². The second-order valence-corrected chi connectivity index (χ2v) is 12.6. The highest BCUT2D eigenvalue weighted by Crippen LogP contribution is 2.60. The zero-order valence-corrected chi connectivity index (χ0v) is 26.2. The number of carbonyl (C=O) groups is 2. The predicted octanol–water partition coefficient (Wildman–Crippen LogP) is 6.74. The molecule has 2 heterocycles. The van der Waals surface area contributed by atoms with Crippen molar-refractivity contribution in [1.82, 2.24) is 0 Å². The number of rotatable bonds is 10. The Morgan fingerprint density at radius 2 is 1.62 bits per heavy atom. The number of hydrogen-bond acceptors (Lipinski definition) is 5. The number of methoxy groups -OCH3 is 1. The third-order valence-electron chi connectivity index (χ3n) is 9.83. The fourth-order valence-electron chi connectivity index (χ4n) is 7.63. The number of benzene rings is 4. The first kappa shape index (κ1) is 30.6. The quantitative estimate of drug-likeness (QED) is 0.203. The van der Waals surface area contributed by atoms with Gasteiger partial charge >= 0.3 is 0 Å². The van der Waals surface area contributed by atoms with Gasteiger partial charge in [0, 0.05) is 35.4 Å². The lowest BCUT2D eigenvalue weighted by molar-refractivity contribution is -0.146. The Morgan fingerprint density at radius 3 is 2.24 bits per heavy atom. The van der Waals surface area contributed by atoms with Crippen molar-refractivity contribution in [3.63, 3.8) is 0 Å². The van der Waals surface area contributed by atoms with E-state index in [0.717, 1.165) is 40.2 Å².